The molecule has 0 radical (unpaired) electrons. The van der Waals surface area contributed by atoms with Gasteiger partial charge in [-0.3, -0.25) is 9.69 Å². The summed E-state index contributed by atoms with van der Waals surface area (Å²) in [5, 5.41) is 5.06. The molecule has 5 heterocycles. The predicted octanol–water partition coefficient (Wildman–Crippen LogP) is 8.17. The van der Waals surface area contributed by atoms with Crippen LogP contribution >= 0.6 is 0 Å². The van der Waals surface area contributed by atoms with Crippen LogP contribution in [0.25, 0.3) is 44.4 Å². The van der Waals surface area contributed by atoms with E-state index in [4.69, 9.17) is 19.2 Å². The predicted molar refractivity (Wildman–Crippen MR) is 216 cm³/mol. The second-order valence-corrected chi connectivity index (χ2v) is 16.3. The van der Waals surface area contributed by atoms with E-state index < -0.39 is 17.7 Å². The highest BCUT2D eigenvalue weighted by atomic mass is 16.6. The highest BCUT2D eigenvalue weighted by molar-refractivity contribution is 5.91. The molecule has 0 saturated carbocycles. The third-order valence-corrected chi connectivity index (χ3v) is 11.4. The molecule has 13 nitrogen and oxygen atoms in total. The molecule has 298 valence electrons. The number of nitrogens with zero attached hydrogens (tertiary/aromatic N) is 4. The summed E-state index contributed by atoms with van der Waals surface area (Å²) >= 11 is 0. The Morgan fingerprint density at radius 2 is 1.30 bits per heavy atom. The summed E-state index contributed by atoms with van der Waals surface area (Å²) in [6, 6.07) is 20.3. The molecule has 3 fully saturated rings. The summed E-state index contributed by atoms with van der Waals surface area (Å²) in [5.74, 6) is 1.39. The number of carbonyl (C=O) groups is 3. The highest BCUT2D eigenvalue weighted by Gasteiger charge is 2.40. The average molecular weight is 774 g/mol. The first-order valence-corrected chi connectivity index (χ1v) is 20.0. The first-order valence-electron chi connectivity index (χ1n) is 20.0. The number of hydrogen-bond donors (Lipinski definition) is 3. The van der Waals surface area contributed by atoms with Crippen LogP contribution in [-0.4, -0.2) is 92.9 Å². The number of H-pyrrole nitrogens is 2. The number of methoxy groups -OCH3 is 1. The van der Waals surface area contributed by atoms with Crippen LogP contribution in [0.2, 0.25) is 0 Å². The number of aromatic nitrogens is 4. The lowest BCUT2D eigenvalue weighted by Gasteiger charge is -2.34. The first kappa shape index (κ1) is 38.2. The van der Waals surface area contributed by atoms with Crippen molar-refractivity contribution in [3.63, 3.8) is 0 Å². The maximum Gasteiger partial charge on any atom is 0.410 e. The van der Waals surface area contributed by atoms with Gasteiger partial charge in [0.25, 0.3) is 0 Å². The molecule has 2 aromatic heterocycles. The van der Waals surface area contributed by atoms with Gasteiger partial charge >= 0.3 is 12.2 Å². The van der Waals surface area contributed by atoms with E-state index in [0.29, 0.717) is 39.1 Å². The number of alkyl carbamates (subject to hydrolysis) is 1. The van der Waals surface area contributed by atoms with Crippen molar-refractivity contribution in [2.45, 2.75) is 83.0 Å². The fourth-order valence-electron chi connectivity index (χ4n) is 8.44. The van der Waals surface area contributed by atoms with E-state index in [1.807, 2.05) is 38.1 Å². The molecule has 3 aliphatic heterocycles. The number of carbonyl (C=O) groups excluding carboxylic acids is 3. The van der Waals surface area contributed by atoms with Crippen LogP contribution in [0, 0.1) is 5.92 Å². The topological polar surface area (TPSA) is 155 Å². The van der Waals surface area contributed by atoms with Crippen LogP contribution in [0.5, 0.6) is 0 Å². The summed E-state index contributed by atoms with van der Waals surface area (Å²) in [4.78, 5) is 59.1. The minimum atomic E-state index is -0.674. The molecule has 57 heavy (non-hydrogen) atoms. The van der Waals surface area contributed by atoms with E-state index in [2.05, 4.69) is 80.9 Å². The van der Waals surface area contributed by atoms with E-state index in [9.17, 15) is 14.4 Å². The maximum absolute atomic E-state index is 14.0. The zero-order chi connectivity index (χ0) is 39.7. The number of ether oxygens (including phenoxy) is 3. The van der Waals surface area contributed by atoms with E-state index in [1.165, 1.54) is 7.11 Å². The van der Waals surface area contributed by atoms with Gasteiger partial charge in [0.2, 0.25) is 5.91 Å². The normalized spacial score (nSPS) is 19.5. The lowest BCUT2D eigenvalue weighted by atomic mass is 9.90. The number of likely N-dealkylation sites (tertiary alicyclic amines) is 2. The van der Waals surface area contributed by atoms with Crippen molar-refractivity contribution in [2.75, 3.05) is 33.4 Å². The van der Waals surface area contributed by atoms with Crippen molar-refractivity contribution in [3.8, 4) is 33.6 Å². The number of hydrogen-bond acceptors (Lipinski definition) is 8. The Bertz CT molecular complexity index is 2240. The SMILES string of the molecule is COC(=O)N[C@H](C(=O)N1CCCC1c1ncc(-c2ccc(-c3ccc4cc(-c5cnc([C@@H]6CCCN6C(=O)OC(C)(C)C)[nH]5)ccc4c3)cc2)[nH]1)C1CCOCC1. The van der Waals surface area contributed by atoms with Crippen LogP contribution in [0.4, 0.5) is 9.59 Å². The van der Waals surface area contributed by atoms with E-state index in [-0.39, 0.29) is 30.0 Å². The monoisotopic (exact) mass is 773 g/mol. The molecule has 3 aliphatic rings. The highest BCUT2D eigenvalue weighted by Crippen LogP contribution is 2.36. The summed E-state index contributed by atoms with van der Waals surface area (Å²) in [6.07, 6.45) is 7.56. The van der Waals surface area contributed by atoms with Crippen LogP contribution in [0.1, 0.15) is 83.0 Å². The largest absolute Gasteiger partial charge is 0.453 e. The Kier molecular flexibility index (Phi) is 10.8. The van der Waals surface area contributed by atoms with Crippen LogP contribution < -0.4 is 5.32 Å². The summed E-state index contributed by atoms with van der Waals surface area (Å²) < 4.78 is 16.0. The standard InChI is InChI=1S/C44H51N7O6/c1-44(2,3)57-43(54)51-20-6-8-37(51)40-46-26-35(48-40)33-16-15-31-23-30(13-14-32(31)24-33)27-9-11-28(12-10-27)34-25-45-39(47-34)36-7-5-19-50(36)41(52)38(49-42(53)55-4)29-17-21-56-22-18-29/h9-16,23-26,29,36-38H,5-8,17-22H2,1-4H3,(H,45,47)(H,46,48)(H,49,53)/t36?,37-,38-/m0/s1. The van der Waals surface area contributed by atoms with Crippen LogP contribution in [-0.2, 0) is 19.0 Å². The second-order valence-electron chi connectivity index (χ2n) is 16.3. The van der Waals surface area contributed by atoms with Gasteiger partial charge in [-0.15, -0.1) is 0 Å². The van der Waals surface area contributed by atoms with Crippen molar-refractivity contribution >= 4 is 28.9 Å². The van der Waals surface area contributed by atoms with E-state index >= 15 is 0 Å². The van der Waals surface area contributed by atoms with Crippen molar-refractivity contribution in [3.05, 3.63) is 84.7 Å². The fraction of sp³-hybridized carbons (Fsp3) is 0.432. The number of benzene rings is 3. The van der Waals surface area contributed by atoms with Gasteiger partial charge in [-0.25, -0.2) is 19.6 Å². The molecule has 0 spiro atoms. The third kappa shape index (κ3) is 8.25. The molecule has 3 amide bonds. The molecule has 5 aromatic rings. The number of rotatable bonds is 8. The molecule has 0 bridgehead atoms. The minimum absolute atomic E-state index is 0.0178. The van der Waals surface area contributed by atoms with Gasteiger partial charge in [0.05, 0.1) is 43.0 Å². The first-order chi connectivity index (χ1) is 27.5. The molecular formula is C44H51N7O6. The van der Waals surface area contributed by atoms with Crippen molar-refractivity contribution in [2.24, 2.45) is 5.92 Å². The third-order valence-electron chi connectivity index (χ3n) is 11.4. The minimum Gasteiger partial charge on any atom is -0.453 e. The molecular weight excluding hydrogens is 723 g/mol. The van der Waals surface area contributed by atoms with Gasteiger partial charge in [-0.1, -0.05) is 48.5 Å². The fourth-order valence-corrected chi connectivity index (χ4v) is 8.44. The van der Waals surface area contributed by atoms with E-state index in [1.54, 1.807) is 4.90 Å². The number of amides is 3. The Morgan fingerprint density at radius 3 is 1.93 bits per heavy atom. The molecule has 3 aromatic carbocycles. The molecule has 8 rings (SSSR count). The summed E-state index contributed by atoms with van der Waals surface area (Å²) in [6.45, 7) is 8.04. The zero-order valence-corrected chi connectivity index (χ0v) is 33.0. The lowest BCUT2D eigenvalue weighted by molar-refractivity contribution is -0.136. The average Bonchev–Trinajstić information content (AvgIpc) is 4.06. The van der Waals surface area contributed by atoms with Gasteiger partial charge in [-0.2, -0.15) is 0 Å². The summed E-state index contributed by atoms with van der Waals surface area (Å²) in [7, 11) is 1.31. The number of aromatic amines is 2. The molecule has 3 atom stereocenters. The van der Waals surface area contributed by atoms with E-state index in [0.717, 1.165) is 81.7 Å². The molecule has 13 heteroatoms. The van der Waals surface area contributed by atoms with Gasteiger partial charge in [0.15, 0.2) is 0 Å². The quantitative estimate of drug-likeness (QED) is 0.143. The van der Waals surface area contributed by atoms with Crippen molar-refractivity contribution < 1.29 is 28.6 Å². The van der Waals surface area contributed by atoms with Crippen molar-refractivity contribution in [1.82, 2.24) is 35.1 Å². The Labute approximate surface area is 332 Å². The smallest absolute Gasteiger partial charge is 0.410 e. The number of nitrogens with one attached hydrogen (secondary N) is 3. The Hall–Kier alpha value is -5.69. The lowest BCUT2D eigenvalue weighted by Crippen LogP contribution is -2.53. The van der Waals surface area contributed by atoms with Crippen molar-refractivity contribution in [1.29, 1.82) is 0 Å². The molecule has 3 saturated heterocycles. The van der Waals surface area contributed by atoms with Gasteiger partial charge in [0, 0.05) is 31.9 Å². The number of imidazole rings is 2. The van der Waals surface area contributed by atoms with Gasteiger partial charge in [-0.05, 0) is 105 Å². The van der Waals surface area contributed by atoms with Gasteiger partial charge < -0.3 is 34.4 Å². The molecule has 3 N–H and O–H groups in total. The Balaban J connectivity index is 0.940. The van der Waals surface area contributed by atoms with Crippen LogP contribution in [0.15, 0.2) is 73.1 Å². The maximum atomic E-state index is 14.0. The van der Waals surface area contributed by atoms with Gasteiger partial charge in [0.1, 0.15) is 23.3 Å². The zero-order valence-electron chi connectivity index (χ0n) is 33.0. The van der Waals surface area contributed by atoms with Crippen LogP contribution in [0.3, 0.4) is 0 Å². The second kappa shape index (κ2) is 16.0. The summed E-state index contributed by atoms with van der Waals surface area (Å²) in [5.41, 5.74) is 5.47. The number of fused-ring (bicyclic) bond motifs is 1. The molecule has 1 unspecified atom stereocenters. The Morgan fingerprint density at radius 1 is 0.754 bits per heavy atom. The molecule has 0 aliphatic carbocycles.